The van der Waals surface area contributed by atoms with Crippen molar-refractivity contribution in [3.05, 3.63) is 28.2 Å². The number of amides is 1. The Kier molecular flexibility index (Phi) is 5.45. The van der Waals surface area contributed by atoms with Gasteiger partial charge < -0.3 is 15.2 Å². The van der Waals surface area contributed by atoms with Gasteiger partial charge in [0.15, 0.2) is 0 Å². The molecule has 0 aromatic heterocycles. The van der Waals surface area contributed by atoms with Gasteiger partial charge in [0.2, 0.25) is 5.91 Å². The first kappa shape index (κ1) is 16.1. The van der Waals surface area contributed by atoms with Crippen LogP contribution in [0.5, 0.6) is 0 Å². The molecular weight excluding hydrogens is 317 g/mol. The van der Waals surface area contributed by atoms with Crippen molar-refractivity contribution in [1.29, 1.82) is 0 Å². The molecule has 0 radical (unpaired) electrons. The molecule has 2 atom stereocenters. The van der Waals surface area contributed by atoms with Crippen molar-refractivity contribution in [2.24, 2.45) is 5.92 Å². The molecule has 1 heterocycles. The Morgan fingerprint density at radius 2 is 2.19 bits per heavy atom. The molecule has 0 spiro atoms. The van der Waals surface area contributed by atoms with Gasteiger partial charge in [-0.3, -0.25) is 9.59 Å². The molecule has 1 aliphatic heterocycles. The second-order valence-corrected chi connectivity index (χ2v) is 5.72. The summed E-state index contributed by atoms with van der Waals surface area (Å²) in [6.07, 6.45) is 0.915. The lowest BCUT2D eigenvalue weighted by atomic mass is 9.96. The van der Waals surface area contributed by atoms with Gasteiger partial charge in [0, 0.05) is 18.1 Å². The van der Waals surface area contributed by atoms with Crippen LogP contribution in [-0.2, 0) is 14.3 Å². The second kappa shape index (κ2) is 7.11. The largest absolute Gasteiger partial charge is 0.481 e. The van der Waals surface area contributed by atoms with E-state index in [1.165, 1.54) is 6.07 Å². The second-order valence-electron chi connectivity index (χ2n) is 4.87. The zero-order valence-corrected chi connectivity index (χ0v) is 12.7. The number of rotatable bonds is 5. The molecule has 5 nitrogen and oxygen atoms in total. The van der Waals surface area contributed by atoms with E-state index in [2.05, 4.69) is 5.32 Å². The van der Waals surface area contributed by atoms with Crippen molar-refractivity contribution in [2.75, 3.05) is 11.9 Å². The molecule has 0 unspecified atom stereocenters. The van der Waals surface area contributed by atoms with Crippen LogP contribution in [0.25, 0.3) is 0 Å². The van der Waals surface area contributed by atoms with Gasteiger partial charge in [-0.05, 0) is 31.0 Å². The number of carbonyl (C=O) groups excluding carboxylic acids is 1. The van der Waals surface area contributed by atoms with Crippen molar-refractivity contribution < 1.29 is 19.4 Å². The molecule has 1 aromatic carbocycles. The van der Waals surface area contributed by atoms with E-state index in [-0.39, 0.29) is 6.42 Å². The minimum atomic E-state index is -1.03. The minimum absolute atomic E-state index is 0.154. The maximum atomic E-state index is 12.0. The third-order valence-electron chi connectivity index (χ3n) is 3.34. The number of carbonyl (C=O) groups is 2. The lowest BCUT2D eigenvalue weighted by molar-refractivity contribution is -0.148. The third-order valence-corrected chi connectivity index (χ3v) is 3.89. The van der Waals surface area contributed by atoms with Crippen molar-refractivity contribution >= 4 is 40.8 Å². The molecule has 21 heavy (non-hydrogen) atoms. The zero-order valence-electron chi connectivity index (χ0n) is 11.1. The van der Waals surface area contributed by atoms with Gasteiger partial charge in [0.1, 0.15) is 0 Å². The van der Waals surface area contributed by atoms with Crippen LogP contribution >= 0.6 is 23.2 Å². The Bertz CT molecular complexity index is 544. The SMILES string of the molecule is O=C(C[C@H](C(=O)O)[C@@H]1CCCO1)Nc1ccc(Cl)cc1Cl. The molecule has 7 heteroatoms. The Hall–Kier alpha value is -1.30. The van der Waals surface area contributed by atoms with E-state index in [0.717, 1.165) is 6.42 Å². The van der Waals surface area contributed by atoms with Crippen molar-refractivity contribution in [3.8, 4) is 0 Å². The fraction of sp³-hybridized carbons (Fsp3) is 0.429. The van der Waals surface area contributed by atoms with E-state index in [1.807, 2.05) is 0 Å². The molecule has 1 aliphatic rings. The lowest BCUT2D eigenvalue weighted by Gasteiger charge is -2.18. The quantitative estimate of drug-likeness (QED) is 0.868. The molecule has 1 aromatic rings. The van der Waals surface area contributed by atoms with Gasteiger partial charge in [-0.25, -0.2) is 0 Å². The van der Waals surface area contributed by atoms with Crippen molar-refractivity contribution in [1.82, 2.24) is 0 Å². The van der Waals surface area contributed by atoms with Crippen LogP contribution in [0, 0.1) is 5.92 Å². The Balaban J connectivity index is 2.00. The van der Waals surface area contributed by atoms with Crippen LogP contribution in [0.4, 0.5) is 5.69 Å². The van der Waals surface area contributed by atoms with Gasteiger partial charge in [-0.1, -0.05) is 23.2 Å². The van der Waals surface area contributed by atoms with Gasteiger partial charge in [0.05, 0.1) is 22.7 Å². The maximum Gasteiger partial charge on any atom is 0.309 e. The van der Waals surface area contributed by atoms with Crippen molar-refractivity contribution in [3.63, 3.8) is 0 Å². The summed E-state index contributed by atoms with van der Waals surface area (Å²) >= 11 is 11.7. The average molecular weight is 332 g/mol. The monoisotopic (exact) mass is 331 g/mol. The highest BCUT2D eigenvalue weighted by Gasteiger charge is 2.33. The minimum Gasteiger partial charge on any atom is -0.481 e. The van der Waals surface area contributed by atoms with Gasteiger partial charge in [-0.15, -0.1) is 0 Å². The van der Waals surface area contributed by atoms with Crippen LogP contribution in [0.1, 0.15) is 19.3 Å². The standard InChI is InChI=1S/C14H15Cl2NO4/c15-8-3-4-11(10(16)6-8)17-13(18)7-9(14(19)20)12-2-1-5-21-12/h3-4,6,9,12H,1-2,5,7H2,(H,17,18)(H,19,20)/t9-,12-/m0/s1. The van der Waals surface area contributed by atoms with E-state index in [0.29, 0.717) is 28.8 Å². The predicted molar refractivity (Wildman–Crippen MR) is 79.8 cm³/mol. The normalized spacial score (nSPS) is 19.2. The highest BCUT2D eigenvalue weighted by molar-refractivity contribution is 6.36. The molecule has 2 N–H and O–H groups in total. The topological polar surface area (TPSA) is 75.6 Å². The first-order valence-corrected chi connectivity index (χ1v) is 7.32. The average Bonchev–Trinajstić information content (AvgIpc) is 2.92. The highest BCUT2D eigenvalue weighted by Crippen LogP contribution is 2.27. The summed E-state index contributed by atoms with van der Waals surface area (Å²) < 4.78 is 5.36. The van der Waals surface area contributed by atoms with E-state index >= 15 is 0 Å². The molecule has 0 bridgehead atoms. The van der Waals surface area contributed by atoms with Gasteiger partial charge in [-0.2, -0.15) is 0 Å². The number of carboxylic acid groups (broad SMARTS) is 1. The molecule has 1 amide bonds. The summed E-state index contributed by atoms with van der Waals surface area (Å²) in [4.78, 5) is 23.3. The first-order chi connectivity index (χ1) is 9.97. The summed E-state index contributed by atoms with van der Waals surface area (Å²) in [5.41, 5.74) is 0.405. The molecule has 1 saturated heterocycles. The number of ether oxygens (including phenoxy) is 1. The van der Waals surface area contributed by atoms with Crippen LogP contribution in [0.15, 0.2) is 18.2 Å². The molecular formula is C14H15Cl2NO4. The summed E-state index contributed by atoms with van der Waals surface area (Å²) in [6, 6.07) is 4.68. The first-order valence-electron chi connectivity index (χ1n) is 6.56. The molecule has 0 aliphatic carbocycles. The summed E-state index contributed by atoms with van der Waals surface area (Å²) in [5.74, 6) is -2.29. The molecule has 1 fully saturated rings. The summed E-state index contributed by atoms with van der Waals surface area (Å²) in [6.45, 7) is 0.541. The molecule has 2 rings (SSSR count). The number of nitrogens with one attached hydrogen (secondary N) is 1. The van der Waals surface area contributed by atoms with E-state index < -0.39 is 23.9 Å². The number of benzene rings is 1. The van der Waals surface area contributed by atoms with E-state index in [1.54, 1.807) is 12.1 Å². The summed E-state index contributed by atoms with van der Waals surface area (Å²) in [5, 5.41) is 12.6. The predicted octanol–water partition coefficient (Wildman–Crippen LogP) is 3.20. The number of hydrogen-bond acceptors (Lipinski definition) is 3. The highest BCUT2D eigenvalue weighted by atomic mass is 35.5. The zero-order chi connectivity index (χ0) is 15.4. The number of anilines is 1. The van der Waals surface area contributed by atoms with Crippen LogP contribution in [0.3, 0.4) is 0 Å². The van der Waals surface area contributed by atoms with Crippen LogP contribution < -0.4 is 5.32 Å². The van der Waals surface area contributed by atoms with Gasteiger partial charge >= 0.3 is 5.97 Å². The molecule has 114 valence electrons. The van der Waals surface area contributed by atoms with Gasteiger partial charge in [0.25, 0.3) is 0 Å². The number of halogens is 2. The third kappa shape index (κ3) is 4.33. The lowest BCUT2D eigenvalue weighted by Crippen LogP contribution is -2.31. The molecule has 0 saturated carbocycles. The maximum absolute atomic E-state index is 12.0. The fourth-order valence-electron chi connectivity index (χ4n) is 2.29. The van der Waals surface area contributed by atoms with Crippen LogP contribution in [-0.4, -0.2) is 29.7 Å². The smallest absolute Gasteiger partial charge is 0.309 e. The van der Waals surface area contributed by atoms with Crippen LogP contribution in [0.2, 0.25) is 10.0 Å². The number of carboxylic acids is 1. The Labute approximate surface area is 132 Å². The summed E-state index contributed by atoms with van der Waals surface area (Å²) in [7, 11) is 0. The fourth-order valence-corrected chi connectivity index (χ4v) is 2.75. The Morgan fingerprint density at radius 1 is 1.43 bits per heavy atom. The number of aliphatic carboxylic acids is 1. The van der Waals surface area contributed by atoms with Crippen molar-refractivity contribution in [2.45, 2.75) is 25.4 Å². The number of hydrogen-bond donors (Lipinski definition) is 2. The van der Waals surface area contributed by atoms with E-state index in [4.69, 9.17) is 27.9 Å². The van der Waals surface area contributed by atoms with E-state index in [9.17, 15) is 14.7 Å². The Morgan fingerprint density at radius 3 is 2.76 bits per heavy atom.